The van der Waals surface area contributed by atoms with Crippen molar-refractivity contribution in [2.45, 2.75) is 39.3 Å². The largest absolute Gasteiger partial charge is 0.333 e. The van der Waals surface area contributed by atoms with Crippen molar-refractivity contribution >= 4 is 0 Å². The molecule has 2 rings (SSSR count). The maximum Gasteiger partial charge on any atom is 0.130 e. The Hall–Kier alpha value is -1.61. The maximum absolute atomic E-state index is 6.30. The molecule has 96 valence electrons. The van der Waals surface area contributed by atoms with Gasteiger partial charge in [0.05, 0.1) is 6.04 Å². The summed E-state index contributed by atoms with van der Waals surface area (Å²) in [5.74, 6) is 0.945. The first-order valence-electron chi connectivity index (χ1n) is 6.61. The molecule has 1 atom stereocenters. The van der Waals surface area contributed by atoms with Crippen LogP contribution in [0.3, 0.4) is 0 Å². The van der Waals surface area contributed by atoms with E-state index in [1.165, 1.54) is 5.56 Å². The number of rotatable bonds is 5. The fourth-order valence-corrected chi connectivity index (χ4v) is 2.14. The number of hydrogen-bond donors (Lipinski definition) is 1. The number of nitrogens with zero attached hydrogens (tertiary/aromatic N) is 2. The first-order chi connectivity index (χ1) is 8.76. The zero-order valence-electron chi connectivity index (χ0n) is 11.1. The minimum atomic E-state index is -0.141. The molecule has 0 spiro atoms. The predicted octanol–water partition coefficient (Wildman–Crippen LogP) is 2.90. The van der Waals surface area contributed by atoms with Crippen LogP contribution >= 0.6 is 0 Å². The lowest BCUT2D eigenvalue weighted by atomic mass is 10.0. The van der Waals surface area contributed by atoms with Crippen LogP contribution < -0.4 is 5.73 Å². The minimum Gasteiger partial charge on any atom is -0.333 e. The molecular weight excluding hydrogens is 222 g/mol. The van der Waals surface area contributed by atoms with E-state index in [4.69, 9.17) is 5.73 Å². The Morgan fingerprint density at radius 1 is 1.22 bits per heavy atom. The predicted molar refractivity (Wildman–Crippen MR) is 74.4 cm³/mol. The molecule has 0 saturated heterocycles. The highest BCUT2D eigenvalue weighted by atomic mass is 15.1. The summed E-state index contributed by atoms with van der Waals surface area (Å²) in [5.41, 5.74) is 8.76. The molecule has 0 saturated carbocycles. The number of aryl methyl sites for hydroxylation is 2. The van der Waals surface area contributed by atoms with Gasteiger partial charge >= 0.3 is 0 Å². The van der Waals surface area contributed by atoms with Gasteiger partial charge in [-0.25, -0.2) is 4.98 Å². The highest BCUT2D eigenvalue weighted by Crippen LogP contribution is 2.19. The summed E-state index contributed by atoms with van der Waals surface area (Å²) in [6, 6.07) is 8.35. The summed E-state index contributed by atoms with van der Waals surface area (Å²) in [7, 11) is 0. The second kappa shape index (κ2) is 5.83. The minimum absolute atomic E-state index is 0.141. The zero-order valence-corrected chi connectivity index (χ0v) is 11.1. The number of benzene rings is 1. The van der Waals surface area contributed by atoms with Crippen molar-refractivity contribution in [2.75, 3.05) is 0 Å². The lowest BCUT2D eigenvalue weighted by molar-refractivity contribution is 0.613. The molecule has 2 N–H and O–H groups in total. The van der Waals surface area contributed by atoms with E-state index in [1.807, 2.05) is 12.4 Å². The molecule has 0 radical (unpaired) electrons. The SMILES string of the molecule is CCCn1ccnc1C(N)c1ccc(CC)cc1. The number of aromatic nitrogens is 2. The highest BCUT2D eigenvalue weighted by Gasteiger charge is 2.14. The number of hydrogen-bond acceptors (Lipinski definition) is 2. The van der Waals surface area contributed by atoms with E-state index >= 15 is 0 Å². The molecule has 1 aromatic carbocycles. The molecule has 0 aliphatic rings. The second-order valence-corrected chi connectivity index (χ2v) is 4.55. The van der Waals surface area contributed by atoms with E-state index in [-0.39, 0.29) is 6.04 Å². The Balaban J connectivity index is 2.23. The van der Waals surface area contributed by atoms with E-state index < -0.39 is 0 Å². The van der Waals surface area contributed by atoms with E-state index in [2.05, 4.69) is 47.7 Å². The van der Waals surface area contributed by atoms with Gasteiger partial charge < -0.3 is 10.3 Å². The van der Waals surface area contributed by atoms with Crippen LogP contribution in [0.2, 0.25) is 0 Å². The van der Waals surface area contributed by atoms with E-state index in [0.29, 0.717) is 0 Å². The topological polar surface area (TPSA) is 43.8 Å². The fourth-order valence-electron chi connectivity index (χ4n) is 2.14. The van der Waals surface area contributed by atoms with Crippen LogP contribution in [-0.2, 0) is 13.0 Å². The van der Waals surface area contributed by atoms with Crippen LogP contribution in [0.4, 0.5) is 0 Å². The van der Waals surface area contributed by atoms with Gasteiger partial charge in [0.1, 0.15) is 5.82 Å². The Morgan fingerprint density at radius 2 is 1.94 bits per heavy atom. The van der Waals surface area contributed by atoms with Crippen LogP contribution in [0, 0.1) is 0 Å². The van der Waals surface area contributed by atoms with Crippen molar-refractivity contribution in [2.24, 2.45) is 5.73 Å². The first-order valence-corrected chi connectivity index (χ1v) is 6.61. The van der Waals surface area contributed by atoms with Crippen molar-refractivity contribution < 1.29 is 0 Å². The van der Waals surface area contributed by atoms with Crippen LogP contribution in [0.1, 0.15) is 43.3 Å². The van der Waals surface area contributed by atoms with Crippen LogP contribution in [0.5, 0.6) is 0 Å². The molecule has 2 aromatic rings. The van der Waals surface area contributed by atoms with Gasteiger partial charge in [-0.15, -0.1) is 0 Å². The van der Waals surface area contributed by atoms with Crippen LogP contribution in [-0.4, -0.2) is 9.55 Å². The zero-order chi connectivity index (χ0) is 13.0. The molecule has 0 aliphatic carbocycles. The van der Waals surface area contributed by atoms with Crippen molar-refractivity contribution in [3.05, 3.63) is 53.6 Å². The lowest BCUT2D eigenvalue weighted by Crippen LogP contribution is -2.17. The molecule has 1 aromatic heterocycles. The fraction of sp³-hybridized carbons (Fsp3) is 0.400. The molecule has 3 heteroatoms. The highest BCUT2D eigenvalue weighted by molar-refractivity contribution is 5.28. The number of imidazole rings is 1. The normalized spacial score (nSPS) is 12.6. The third-order valence-corrected chi connectivity index (χ3v) is 3.24. The summed E-state index contributed by atoms with van der Waals surface area (Å²) in [6.45, 7) is 5.28. The van der Waals surface area contributed by atoms with Gasteiger partial charge in [-0.2, -0.15) is 0 Å². The Bertz CT molecular complexity index is 485. The van der Waals surface area contributed by atoms with Gasteiger partial charge in [0.25, 0.3) is 0 Å². The summed E-state index contributed by atoms with van der Waals surface area (Å²) in [5, 5.41) is 0. The average molecular weight is 243 g/mol. The van der Waals surface area contributed by atoms with Crippen molar-refractivity contribution in [1.29, 1.82) is 0 Å². The summed E-state index contributed by atoms with van der Waals surface area (Å²) in [4.78, 5) is 4.39. The van der Waals surface area contributed by atoms with E-state index in [0.717, 1.165) is 30.8 Å². The van der Waals surface area contributed by atoms with Gasteiger partial charge in [0, 0.05) is 18.9 Å². The molecule has 18 heavy (non-hydrogen) atoms. The van der Waals surface area contributed by atoms with Crippen molar-refractivity contribution in [1.82, 2.24) is 9.55 Å². The molecule has 0 bridgehead atoms. The smallest absolute Gasteiger partial charge is 0.130 e. The van der Waals surface area contributed by atoms with Crippen LogP contribution in [0.25, 0.3) is 0 Å². The van der Waals surface area contributed by atoms with Gasteiger partial charge in [-0.1, -0.05) is 38.1 Å². The first kappa shape index (κ1) is 12.8. The third kappa shape index (κ3) is 2.62. The Labute approximate surface area is 109 Å². The maximum atomic E-state index is 6.30. The molecule has 1 heterocycles. The van der Waals surface area contributed by atoms with Gasteiger partial charge in [-0.05, 0) is 24.0 Å². The summed E-state index contributed by atoms with van der Waals surface area (Å²) >= 11 is 0. The van der Waals surface area contributed by atoms with Gasteiger partial charge in [0.2, 0.25) is 0 Å². The molecule has 0 amide bonds. The quantitative estimate of drug-likeness (QED) is 0.877. The molecule has 0 fully saturated rings. The molecule has 1 unspecified atom stereocenters. The summed E-state index contributed by atoms with van der Waals surface area (Å²) in [6.07, 6.45) is 5.97. The van der Waals surface area contributed by atoms with E-state index in [9.17, 15) is 0 Å². The molecule has 3 nitrogen and oxygen atoms in total. The standard InChI is InChI=1S/C15H21N3/c1-3-10-18-11-9-17-15(18)14(16)13-7-5-12(4-2)6-8-13/h5-9,11,14H,3-4,10,16H2,1-2H3. The van der Waals surface area contributed by atoms with Crippen LogP contribution in [0.15, 0.2) is 36.7 Å². The lowest BCUT2D eigenvalue weighted by Gasteiger charge is -2.14. The third-order valence-electron chi connectivity index (χ3n) is 3.24. The Kier molecular flexibility index (Phi) is 4.15. The van der Waals surface area contributed by atoms with Crippen molar-refractivity contribution in [3.63, 3.8) is 0 Å². The molecule has 0 aliphatic heterocycles. The van der Waals surface area contributed by atoms with E-state index in [1.54, 1.807) is 0 Å². The number of nitrogens with two attached hydrogens (primary N) is 1. The van der Waals surface area contributed by atoms with Gasteiger partial charge in [0.15, 0.2) is 0 Å². The Morgan fingerprint density at radius 3 is 2.56 bits per heavy atom. The van der Waals surface area contributed by atoms with Gasteiger partial charge in [-0.3, -0.25) is 0 Å². The molecular formula is C15H21N3. The second-order valence-electron chi connectivity index (χ2n) is 4.55. The average Bonchev–Trinajstić information content (AvgIpc) is 2.87. The van der Waals surface area contributed by atoms with Crippen molar-refractivity contribution in [3.8, 4) is 0 Å². The summed E-state index contributed by atoms with van der Waals surface area (Å²) < 4.78 is 2.14. The monoisotopic (exact) mass is 243 g/mol.